The van der Waals surface area contributed by atoms with Crippen molar-refractivity contribution in [1.29, 1.82) is 0 Å². The molecule has 4 fully saturated rings. The van der Waals surface area contributed by atoms with Crippen LogP contribution in [0, 0.1) is 29.6 Å². The van der Waals surface area contributed by atoms with Crippen LogP contribution < -0.4 is 10.6 Å². The number of hydrogen-bond donors (Lipinski definition) is 3. The van der Waals surface area contributed by atoms with Gasteiger partial charge in [-0.3, -0.25) is 4.79 Å². The summed E-state index contributed by atoms with van der Waals surface area (Å²) in [5.41, 5.74) is -0.0159. The van der Waals surface area contributed by atoms with E-state index in [0.717, 1.165) is 43.3 Å². The zero-order valence-electron chi connectivity index (χ0n) is 14.5. The smallest absolute Gasteiger partial charge is 0.224 e. The fraction of sp³-hybridized carbons (Fsp3) is 0.889. The highest BCUT2D eigenvalue weighted by Gasteiger charge is 2.52. The summed E-state index contributed by atoms with van der Waals surface area (Å²) < 4.78 is -0.799. The average molecular weight is 448 g/mol. The normalized spacial score (nSPS) is 39.1. The van der Waals surface area contributed by atoms with E-state index in [9.17, 15) is 14.7 Å². The number of alkyl halides is 1. The molecule has 0 aromatic carbocycles. The van der Waals surface area contributed by atoms with E-state index in [2.05, 4.69) is 10.6 Å². The molecule has 3 N–H and O–H groups in total. The van der Waals surface area contributed by atoms with Crippen molar-refractivity contribution < 1.29 is 14.7 Å². The molecule has 4 rings (SSSR count). The second-order valence-corrected chi connectivity index (χ2v) is 9.65. The highest BCUT2D eigenvalue weighted by atomic mass is 127. The molecule has 0 spiro atoms. The van der Waals surface area contributed by atoms with Gasteiger partial charge >= 0.3 is 0 Å². The molecule has 4 atom stereocenters. The van der Waals surface area contributed by atoms with Gasteiger partial charge in [-0.05, 0) is 63.3 Å². The monoisotopic (exact) mass is 448 g/mol. The molecule has 24 heavy (non-hydrogen) atoms. The lowest BCUT2D eigenvalue weighted by molar-refractivity contribution is -0.132. The van der Waals surface area contributed by atoms with E-state index in [1.54, 1.807) is 7.05 Å². The van der Waals surface area contributed by atoms with Crippen molar-refractivity contribution in [3.8, 4) is 0 Å². The van der Waals surface area contributed by atoms with Gasteiger partial charge in [-0.2, -0.15) is 0 Å². The Morgan fingerprint density at radius 3 is 2.08 bits per heavy atom. The minimum atomic E-state index is -0.799. The first-order chi connectivity index (χ1) is 11.4. The van der Waals surface area contributed by atoms with E-state index in [-0.39, 0.29) is 23.4 Å². The van der Waals surface area contributed by atoms with E-state index in [1.165, 1.54) is 19.3 Å². The number of aliphatic hydroxyl groups is 1. The summed E-state index contributed by atoms with van der Waals surface area (Å²) in [5.74, 6) is 1.41. The first kappa shape index (κ1) is 18.6. The molecular weight excluding hydrogens is 419 g/mol. The Kier molecular flexibility index (Phi) is 5.57. The second-order valence-electron chi connectivity index (χ2n) is 8.38. The van der Waals surface area contributed by atoms with Crippen LogP contribution in [0.15, 0.2) is 0 Å². The molecule has 4 saturated carbocycles. The summed E-state index contributed by atoms with van der Waals surface area (Å²) >= 11 is 1.84. The van der Waals surface area contributed by atoms with Crippen LogP contribution in [0.2, 0.25) is 0 Å². The van der Waals surface area contributed by atoms with Crippen molar-refractivity contribution in [3.63, 3.8) is 0 Å². The van der Waals surface area contributed by atoms with E-state index < -0.39 is 10.0 Å². The van der Waals surface area contributed by atoms with Crippen molar-refractivity contribution in [2.75, 3.05) is 7.05 Å². The van der Waals surface area contributed by atoms with Crippen LogP contribution in [0.5, 0.6) is 0 Å². The predicted molar refractivity (Wildman–Crippen MR) is 101 cm³/mol. The van der Waals surface area contributed by atoms with Gasteiger partial charge in [-0.1, -0.05) is 29.5 Å². The zero-order valence-corrected chi connectivity index (χ0v) is 16.7. The molecular formula is C18H29IN2O3. The van der Waals surface area contributed by atoms with Gasteiger partial charge in [0.2, 0.25) is 5.91 Å². The second kappa shape index (κ2) is 7.19. The Labute approximate surface area is 157 Å². The van der Waals surface area contributed by atoms with Gasteiger partial charge in [0.1, 0.15) is 10.4 Å². The van der Waals surface area contributed by atoms with Crippen molar-refractivity contribution in [2.45, 2.75) is 61.1 Å². The van der Waals surface area contributed by atoms with Crippen LogP contribution in [0.4, 0.5) is 0 Å². The molecule has 136 valence electrons. The number of amides is 1. The fourth-order valence-corrected chi connectivity index (χ4v) is 6.52. The minimum absolute atomic E-state index is 0.0141. The van der Waals surface area contributed by atoms with Gasteiger partial charge in [0.05, 0.1) is 11.8 Å². The van der Waals surface area contributed by atoms with E-state index >= 15 is 0 Å². The Balaban J connectivity index is 1.68. The molecule has 1 amide bonds. The standard InChI is InChI=1S/C18H29IN2O3/c1-10(15(20-2)14(9-22)16(19)23)17(24)21-18-6-11-3-12(7-18)5-13(4-11)8-18/h9-16,20,23H,3-8H2,1-2H3,(H,21,24)/t10-,11?,12?,13?,14?,15-,16+,18?/m1/s1. The van der Waals surface area contributed by atoms with Gasteiger partial charge < -0.3 is 20.5 Å². The van der Waals surface area contributed by atoms with Crippen molar-refractivity contribution in [2.24, 2.45) is 29.6 Å². The Morgan fingerprint density at radius 1 is 1.21 bits per heavy atom. The SMILES string of the molecule is CN[C@@H](C(C=O)[C@H](O)I)[C@@H](C)C(=O)NC12CC3CC(CC(C3)C1)C2. The number of nitrogens with one attached hydrogen (secondary N) is 2. The summed E-state index contributed by atoms with van der Waals surface area (Å²) in [5, 5.41) is 16.3. The molecule has 5 nitrogen and oxygen atoms in total. The van der Waals surface area contributed by atoms with Crippen molar-refractivity contribution in [3.05, 3.63) is 0 Å². The lowest BCUT2D eigenvalue weighted by atomic mass is 9.53. The minimum Gasteiger partial charge on any atom is -0.382 e. The number of carbonyl (C=O) groups excluding carboxylic acids is 2. The van der Waals surface area contributed by atoms with Gasteiger partial charge in [0.15, 0.2) is 0 Å². The van der Waals surface area contributed by atoms with Crippen LogP contribution in [-0.2, 0) is 9.59 Å². The Morgan fingerprint density at radius 2 is 1.71 bits per heavy atom. The molecule has 0 aromatic heterocycles. The van der Waals surface area contributed by atoms with Crippen molar-refractivity contribution >= 4 is 34.8 Å². The summed E-state index contributed by atoms with van der Waals surface area (Å²) in [6, 6.07) is -0.358. The number of carbonyl (C=O) groups is 2. The van der Waals surface area contributed by atoms with Gasteiger partial charge in [0, 0.05) is 11.6 Å². The average Bonchev–Trinajstić information content (AvgIpc) is 2.49. The summed E-state index contributed by atoms with van der Waals surface area (Å²) in [7, 11) is 1.74. The molecule has 4 aliphatic carbocycles. The lowest BCUT2D eigenvalue weighted by Gasteiger charge is -2.57. The molecule has 0 aromatic rings. The summed E-state index contributed by atoms with van der Waals surface area (Å²) in [6.45, 7) is 1.85. The van der Waals surface area contributed by atoms with Crippen LogP contribution in [0.25, 0.3) is 0 Å². The number of aldehydes is 1. The number of halogens is 1. The third-order valence-corrected chi connectivity index (χ3v) is 7.43. The van der Waals surface area contributed by atoms with Crippen LogP contribution in [0.3, 0.4) is 0 Å². The largest absolute Gasteiger partial charge is 0.382 e. The van der Waals surface area contributed by atoms with E-state index in [0.29, 0.717) is 0 Å². The third-order valence-electron chi connectivity index (χ3n) is 6.60. The Bertz CT molecular complexity index is 461. The maximum absolute atomic E-state index is 12.9. The lowest BCUT2D eigenvalue weighted by Crippen LogP contribution is -2.62. The molecule has 0 aliphatic heterocycles. The van der Waals surface area contributed by atoms with E-state index in [1.807, 2.05) is 29.5 Å². The fourth-order valence-electron chi connectivity index (χ4n) is 5.90. The first-order valence-corrected chi connectivity index (χ1v) is 10.4. The molecule has 0 radical (unpaired) electrons. The summed E-state index contributed by atoms with van der Waals surface area (Å²) in [6.07, 6.45) is 8.15. The highest BCUT2D eigenvalue weighted by molar-refractivity contribution is 14.1. The summed E-state index contributed by atoms with van der Waals surface area (Å²) in [4.78, 5) is 24.3. The molecule has 0 saturated heterocycles. The van der Waals surface area contributed by atoms with Gasteiger partial charge in [-0.15, -0.1) is 0 Å². The van der Waals surface area contributed by atoms with Gasteiger partial charge in [0.25, 0.3) is 0 Å². The van der Waals surface area contributed by atoms with Gasteiger partial charge in [-0.25, -0.2) is 0 Å². The Hall–Kier alpha value is -0.210. The van der Waals surface area contributed by atoms with Crippen molar-refractivity contribution in [1.82, 2.24) is 10.6 Å². The van der Waals surface area contributed by atoms with Crippen LogP contribution >= 0.6 is 22.6 Å². The number of hydrogen-bond acceptors (Lipinski definition) is 4. The third kappa shape index (κ3) is 3.51. The first-order valence-electron chi connectivity index (χ1n) is 9.14. The van der Waals surface area contributed by atoms with Crippen LogP contribution in [-0.4, -0.2) is 40.0 Å². The molecule has 1 unspecified atom stereocenters. The maximum Gasteiger partial charge on any atom is 0.224 e. The molecule has 0 heterocycles. The molecule has 4 aliphatic rings. The zero-order chi connectivity index (χ0) is 17.5. The molecule has 4 bridgehead atoms. The number of aliphatic hydroxyl groups excluding tert-OH is 1. The predicted octanol–water partition coefficient (Wildman–Crippen LogP) is 1.86. The maximum atomic E-state index is 12.9. The molecule has 6 heteroatoms. The quantitative estimate of drug-likeness (QED) is 0.316. The van der Waals surface area contributed by atoms with Crippen LogP contribution in [0.1, 0.15) is 45.4 Å². The highest BCUT2D eigenvalue weighted by Crippen LogP contribution is 2.55. The number of rotatable bonds is 7. The topological polar surface area (TPSA) is 78.4 Å². The van der Waals surface area contributed by atoms with E-state index in [4.69, 9.17) is 0 Å².